The second-order valence-electron chi connectivity index (χ2n) is 3.85. The van der Waals surface area contributed by atoms with Gasteiger partial charge in [-0.3, -0.25) is 9.59 Å². The van der Waals surface area contributed by atoms with Crippen molar-refractivity contribution >= 4 is 45.1 Å². The molecule has 0 amide bonds. The molecule has 2 aromatic carbocycles. The second kappa shape index (κ2) is 6.49. The minimum atomic E-state index is -0.573. The Labute approximate surface area is 124 Å². The molecule has 0 bridgehead atoms. The summed E-state index contributed by atoms with van der Waals surface area (Å²) in [6.07, 6.45) is 0. The summed E-state index contributed by atoms with van der Waals surface area (Å²) < 4.78 is 0. The van der Waals surface area contributed by atoms with Gasteiger partial charge in [-0.25, -0.2) is 0 Å². The molecule has 0 aliphatic heterocycles. The summed E-state index contributed by atoms with van der Waals surface area (Å²) in [6.45, 7) is 0. The number of para-hydroxylation sites is 2. The van der Waals surface area contributed by atoms with Crippen LogP contribution in [0.25, 0.3) is 0 Å². The van der Waals surface area contributed by atoms with E-state index in [2.05, 4.69) is 0 Å². The van der Waals surface area contributed by atoms with Crippen molar-refractivity contribution in [2.24, 2.45) is 0 Å². The SMILES string of the molecule is Nc1ccccc1SC(=O)C(=O)Sc1ccccc1N. The van der Waals surface area contributed by atoms with Gasteiger partial charge in [-0.1, -0.05) is 24.3 Å². The van der Waals surface area contributed by atoms with Crippen molar-refractivity contribution in [2.45, 2.75) is 9.79 Å². The molecule has 0 aliphatic carbocycles. The van der Waals surface area contributed by atoms with E-state index in [0.717, 1.165) is 23.5 Å². The summed E-state index contributed by atoms with van der Waals surface area (Å²) >= 11 is 1.66. The number of nitrogen functional groups attached to an aromatic ring is 2. The molecule has 6 heteroatoms. The summed E-state index contributed by atoms with van der Waals surface area (Å²) in [5.41, 5.74) is 12.4. The Balaban J connectivity index is 2.05. The van der Waals surface area contributed by atoms with Crippen molar-refractivity contribution in [3.8, 4) is 0 Å². The summed E-state index contributed by atoms with van der Waals surface area (Å²) in [6, 6.07) is 13.8. The van der Waals surface area contributed by atoms with Crippen molar-refractivity contribution in [3.63, 3.8) is 0 Å². The maximum absolute atomic E-state index is 11.9. The molecule has 0 heterocycles. The third kappa shape index (κ3) is 3.55. The molecule has 0 aromatic heterocycles. The fraction of sp³-hybridized carbons (Fsp3) is 0. The van der Waals surface area contributed by atoms with Gasteiger partial charge in [0.15, 0.2) is 0 Å². The van der Waals surface area contributed by atoms with E-state index in [1.807, 2.05) is 0 Å². The highest BCUT2D eigenvalue weighted by atomic mass is 32.2. The quantitative estimate of drug-likeness (QED) is 0.504. The first-order valence-corrected chi connectivity index (χ1v) is 7.34. The Morgan fingerprint density at radius 2 is 1.05 bits per heavy atom. The predicted molar refractivity (Wildman–Crippen MR) is 83.4 cm³/mol. The highest BCUT2D eigenvalue weighted by molar-refractivity contribution is 8.24. The van der Waals surface area contributed by atoms with Gasteiger partial charge in [0, 0.05) is 21.2 Å². The maximum atomic E-state index is 11.9. The normalized spacial score (nSPS) is 10.2. The van der Waals surface area contributed by atoms with Crippen LogP contribution >= 0.6 is 23.5 Å². The van der Waals surface area contributed by atoms with Gasteiger partial charge >= 0.3 is 0 Å². The largest absolute Gasteiger partial charge is 0.398 e. The molecule has 0 atom stereocenters. The van der Waals surface area contributed by atoms with Gasteiger partial charge in [0.1, 0.15) is 0 Å². The molecule has 0 unspecified atom stereocenters. The molecule has 0 aliphatic rings. The number of nitrogens with two attached hydrogens (primary N) is 2. The number of hydrogen-bond acceptors (Lipinski definition) is 6. The van der Waals surface area contributed by atoms with Crippen molar-refractivity contribution in [1.82, 2.24) is 0 Å². The number of carbonyl (C=O) groups is 2. The third-order valence-electron chi connectivity index (χ3n) is 2.41. The molecule has 0 fully saturated rings. The van der Waals surface area contributed by atoms with E-state index in [9.17, 15) is 9.59 Å². The van der Waals surface area contributed by atoms with Gasteiger partial charge in [0.25, 0.3) is 10.2 Å². The highest BCUT2D eigenvalue weighted by Crippen LogP contribution is 2.30. The Morgan fingerprint density at radius 3 is 1.40 bits per heavy atom. The summed E-state index contributed by atoms with van der Waals surface area (Å²) in [7, 11) is 0. The lowest BCUT2D eigenvalue weighted by molar-refractivity contribution is -0.126. The van der Waals surface area contributed by atoms with Gasteiger partial charge in [-0.2, -0.15) is 0 Å². The summed E-state index contributed by atoms with van der Waals surface area (Å²) in [4.78, 5) is 24.9. The number of thioether (sulfide) groups is 2. The van der Waals surface area contributed by atoms with Crippen LogP contribution in [0.15, 0.2) is 58.3 Å². The molecular weight excluding hydrogens is 292 g/mol. The van der Waals surface area contributed by atoms with E-state index < -0.39 is 10.2 Å². The summed E-state index contributed by atoms with van der Waals surface area (Å²) in [5.74, 6) is 0. The van der Waals surface area contributed by atoms with Crippen molar-refractivity contribution in [2.75, 3.05) is 11.5 Å². The topological polar surface area (TPSA) is 86.2 Å². The van der Waals surface area contributed by atoms with Crippen molar-refractivity contribution < 1.29 is 9.59 Å². The smallest absolute Gasteiger partial charge is 0.271 e. The molecular formula is C14H12N2O2S2. The van der Waals surface area contributed by atoms with Gasteiger partial charge in [0.05, 0.1) is 0 Å². The predicted octanol–water partition coefficient (Wildman–Crippen LogP) is 2.79. The molecule has 20 heavy (non-hydrogen) atoms. The second-order valence-corrected chi connectivity index (χ2v) is 5.88. The average Bonchev–Trinajstić information content (AvgIpc) is 2.43. The number of benzene rings is 2. The Bertz CT molecular complexity index is 602. The first kappa shape index (κ1) is 14.5. The molecule has 2 aromatic rings. The van der Waals surface area contributed by atoms with Crippen LogP contribution in [0.2, 0.25) is 0 Å². The Hall–Kier alpha value is -1.92. The van der Waals surface area contributed by atoms with Gasteiger partial charge < -0.3 is 11.5 Å². The lowest BCUT2D eigenvalue weighted by Crippen LogP contribution is -2.06. The van der Waals surface area contributed by atoms with Crippen LogP contribution in [-0.2, 0) is 9.59 Å². The molecule has 0 radical (unpaired) electrons. The summed E-state index contributed by atoms with van der Waals surface area (Å²) in [5, 5.41) is -1.15. The van der Waals surface area contributed by atoms with Gasteiger partial charge in [0.2, 0.25) is 0 Å². The van der Waals surface area contributed by atoms with E-state index in [-0.39, 0.29) is 0 Å². The average molecular weight is 304 g/mol. The third-order valence-corrected chi connectivity index (χ3v) is 4.46. The van der Waals surface area contributed by atoms with E-state index in [0.29, 0.717) is 21.2 Å². The zero-order valence-corrected chi connectivity index (χ0v) is 12.0. The monoisotopic (exact) mass is 304 g/mol. The van der Waals surface area contributed by atoms with Crippen molar-refractivity contribution in [1.29, 1.82) is 0 Å². The molecule has 4 N–H and O–H groups in total. The molecule has 102 valence electrons. The van der Waals surface area contributed by atoms with Crippen LogP contribution < -0.4 is 11.5 Å². The van der Waals surface area contributed by atoms with E-state index in [4.69, 9.17) is 11.5 Å². The van der Waals surface area contributed by atoms with Gasteiger partial charge in [-0.15, -0.1) is 0 Å². The number of anilines is 2. The van der Waals surface area contributed by atoms with Gasteiger partial charge in [-0.05, 0) is 47.8 Å². The first-order valence-electron chi connectivity index (χ1n) is 5.71. The Kier molecular flexibility index (Phi) is 4.70. The maximum Gasteiger partial charge on any atom is 0.271 e. The standard InChI is InChI=1S/C14H12N2O2S2/c15-9-5-1-3-7-11(9)19-13(17)14(18)20-12-8-4-2-6-10(12)16/h1-8H,15-16H2. The number of carbonyl (C=O) groups excluding carboxylic acids is 2. The fourth-order valence-corrected chi connectivity index (χ4v) is 2.91. The lowest BCUT2D eigenvalue weighted by atomic mass is 10.3. The first-order chi connectivity index (χ1) is 9.58. The van der Waals surface area contributed by atoms with Crippen LogP contribution in [-0.4, -0.2) is 10.2 Å². The highest BCUT2D eigenvalue weighted by Gasteiger charge is 2.18. The van der Waals surface area contributed by atoms with E-state index in [1.165, 1.54) is 0 Å². The lowest BCUT2D eigenvalue weighted by Gasteiger charge is -2.04. The van der Waals surface area contributed by atoms with E-state index >= 15 is 0 Å². The zero-order valence-electron chi connectivity index (χ0n) is 10.4. The van der Waals surface area contributed by atoms with Crippen LogP contribution in [0.1, 0.15) is 0 Å². The fourth-order valence-electron chi connectivity index (χ4n) is 1.43. The van der Waals surface area contributed by atoms with Crippen LogP contribution in [0, 0.1) is 0 Å². The number of rotatable bonds is 2. The molecule has 0 spiro atoms. The van der Waals surface area contributed by atoms with Crippen LogP contribution in [0.4, 0.5) is 11.4 Å². The molecule has 0 saturated heterocycles. The minimum absolute atomic E-state index is 0.475. The van der Waals surface area contributed by atoms with Crippen molar-refractivity contribution in [3.05, 3.63) is 48.5 Å². The molecule has 4 nitrogen and oxygen atoms in total. The van der Waals surface area contributed by atoms with Crippen LogP contribution in [0.5, 0.6) is 0 Å². The zero-order chi connectivity index (χ0) is 14.5. The van der Waals surface area contributed by atoms with Crippen LogP contribution in [0.3, 0.4) is 0 Å². The Morgan fingerprint density at radius 1 is 0.700 bits per heavy atom. The minimum Gasteiger partial charge on any atom is -0.398 e. The van der Waals surface area contributed by atoms with E-state index in [1.54, 1.807) is 48.5 Å². The molecule has 0 saturated carbocycles. The molecule has 2 rings (SSSR count). The number of hydrogen-bond donors (Lipinski definition) is 2.